The van der Waals surface area contributed by atoms with Gasteiger partial charge in [-0.05, 0) is 18.2 Å². The van der Waals surface area contributed by atoms with E-state index in [0.29, 0.717) is 15.6 Å². The molecule has 4 heteroatoms. The van der Waals surface area contributed by atoms with Crippen molar-refractivity contribution in [2.45, 2.75) is 4.90 Å². The van der Waals surface area contributed by atoms with E-state index in [4.69, 9.17) is 11.6 Å². The number of halogens is 1. The summed E-state index contributed by atoms with van der Waals surface area (Å²) in [6, 6.07) is 5.37. The number of hydrogen-bond acceptors (Lipinski definition) is 2. The number of hydrogen-bond donors (Lipinski definition) is 2. The van der Waals surface area contributed by atoms with Crippen molar-refractivity contribution in [1.82, 2.24) is 4.98 Å². The highest BCUT2D eigenvalue weighted by atomic mass is 35.5. The van der Waals surface area contributed by atoms with Crippen LogP contribution in [0.2, 0.25) is 5.02 Å². The van der Waals surface area contributed by atoms with Gasteiger partial charge in [0.15, 0.2) is 6.29 Å². The highest BCUT2D eigenvalue weighted by molar-refractivity contribution is 7.80. The third-order valence-corrected chi connectivity index (χ3v) is 2.60. The highest BCUT2D eigenvalue weighted by Gasteiger charge is 2.06. The fourth-order valence-electron chi connectivity index (χ4n) is 1.26. The molecule has 66 valence electrons. The molecule has 1 heterocycles. The second kappa shape index (κ2) is 3.09. The molecule has 1 aromatic heterocycles. The number of aldehydes is 1. The van der Waals surface area contributed by atoms with Crippen LogP contribution < -0.4 is 0 Å². The summed E-state index contributed by atoms with van der Waals surface area (Å²) >= 11 is 10.0. The van der Waals surface area contributed by atoms with Crippen LogP contribution in [0.1, 0.15) is 10.5 Å². The monoisotopic (exact) mass is 211 g/mol. The topological polar surface area (TPSA) is 32.9 Å². The number of aromatic amines is 1. The molecular weight excluding hydrogens is 206 g/mol. The van der Waals surface area contributed by atoms with E-state index < -0.39 is 0 Å². The molecule has 0 radical (unpaired) electrons. The van der Waals surface area contributed by atoms with Crippen LogP contribution in [0, 0.1) is 0 Å². The van der Waals surface area contributed by atoms with Crippen LogP contribution in [0.5, 0.6) is 0 Å². The van der Waals surface area contributed by atoms with E-state index in [1.54, 1.807) is 12.1 Å². The zero-order valence-corrected chi connectivity index (χ0v) is 8.19. The van der Waals surface area contributed by atoms with Gasteiger partial charge in [0.1, 0.15) is 0 Å². The molecule has 0 amide bonds. The molecule has 2 nitrogen and oxygen atoms in total. The Labute approximate surface area is 85.3 Å². The Balaban J connectivity index is 2.84. The van der Waals surface area contributed by atoms with Gasteiger partial charge in [-0.2, -0.15) is 0 Å². The maximum absolute atomic E-state index is 10.6. The van der Waals surface area contributed by atoms with E-state index in [9.17, 15) is 4.79 Å². The first kappa shape index (κ1) is 8.66. The minimum atomic E-state index is 0.487. The van der Waals surface area contributed by atoms with Gasteiger partial charge in [-0.15, -0.1) is 12.6 Å². The number of carbonyl (C=O) groups is 1. The van der Waals surface area contributed by atoms with Crippen molar-refractivity contribution in [3.8, 4) is 0 Å². The van der Waals surface area contributed by atoms with Gasteiger partial charge in [0, 0.05) is 20.8 Å². The molecule has 0 aliphatic heterocycles. The molecule has 0 fully saturated rings. The summed E-state index contributed by atoms with van der Waals surface area (Å²) in [7, 11) is 0. The molecule has 0 aliphatic rings. The second-order valence-electron chi connectivity index (χ2n) is 2.70. The summed E-state index contributed by atoms with van der Waals surface area (Å²) in [4.78, 5) is 14.2. The van der Waals surface area contributed by atoms with Gasteiger partial charge < -0.3 is 4.98 Å². The quantitative estimate of drug-likeness (QED) is 0.552. The van der Waals surface area contributed by atoms with Gasteiger partial charge in [-0.1, -0.05) is 11.6 Å². The van der Waals surface area contributed by atoms with E-state index in [-0.39, 0.29) is 0 Å². The zero-order valence-electron chi connectivity index (χ0n) is 6.54. The average molecular weight is 212 g/mol. The van der Waals surface area contributed by atoms with E-state index in [2.05, 4.69) is 17.6 Å². The average Bonchev–Trinajstić information content (AvgIpc) is 2.44. The van der Waals surface area contributed by atoms with Gasteiger partial charge in [0.05, 0.1) is 5.69 Å². The number of benzene rings is 1. The van der Waals surface area contributed by atoms with Gasteiger partial charge in [-0.3, -0.25) is 4.79 Å². The molecule has 2 rings (SSSR count). The largest absolute Gasteiger partial charge is 0.351 e. The lowest BCUT2D eigenvalue weighted by atomic mass is 10.2. The zero-order chi connectivity index (χ0) is 9.42. The summed E-state index contributed by atoms with van der Waals surface area (Å²) in [5.74, 6) is 0. The Kier molecular flexibility index (Phi) is 2.06. The third kappa shape index (κ3) is 1.34. The van der Waals surface area contributed by atoms with Crippen LogP contribution in [0.25, 0.3) is 10.9 Å². The smallest absolute Gasteiger partial charge is 0.167 e. The minimum Gasteiger partial charge on any atom is -0.351 e. The number of nitrogens with one attached hydrogen (secondary N) is 1. The Bertz CT molecular complexity index is 478. The van der Waals surface area contributed by atoms with Crippen molar-refractivity contribution in [3.63, 3.8) is 0 Å². The fourth-order valence-corrected chi connectivity index (χ4v) is 1.72. The van der Waals surface area contributed by atoms with Gasteiger partial charge in [0.25, 0.3) is 0 Å². The number of rotatable bonds is 1. The van der Waals surface area contributed by atoms with Crippen molar-refractivity contribution < 1.29 is 4.79 Å². The lowest BCUT2D eigenvalue weighted by Crippen LogP contribution is -1.77. The predicted octanol–water partition coefficient (Wildman–Crippen LogP) is 2.92. The molecule has 0 spiro atoms. The normalized spacial score (nSPS) is 10.6. The van der Waals surface area contributed by atoms with Crippen molar-refractivity contribution in [2.75, 3.05) is 0 Å². The molecule has 1 N–H and O–H groups in total. The van der Waals surface area contributed by atoms with Crippen LogP contribution in [-0.2, 0) is 0 Å². The lowest BCUT2D eigenvalue weighted by molar-refractivity contribution is 0.111. The summed E-state index contributed by atoms with van der Waals surface area (Å²) < 4.78 is 0. The third-order valence-electron chi connectivity index (χ3n) is 1.88. The number of fused-ring (bicyclic) bond motifs is 1. The van der Waals surface area contributed by atoms with Crippen LogP contribution in [-0.4, -0.2) is 11.3 Å². The van der Waals surface area contributed by atoms with Crippen molar-refractivity contribution in [3.05, 3.63) is 28.9 Å². The molecule has 0 unspecified atom stereocenters. The molecule has 1 aromatic carbocycles. The number of carbonyl (C=O) groups excluding carboxylic acids is 1. The summed E-state index contributed by atoms with van der Waals surface area (Å²) in [6.07, 6.45) is 0.746. The van der Waals surface area contributed by atoms with Gasteiger partial charge in [-0.25, -0.2) is 0 Å². The summed E-state index contributed by atoms with van der Waals surface area (Å²) in [5, 5.41) is 1.51. The first-order chi connectivity index (χ1) is 6.22. The van der Waals surface area contributed by atoms with E-state index >= 15 is 0 Å². The molecule has 0 saturated carbocycles. The predicted molar refractivity (Wildman–Crippen MR) is 55.9 cm³/mol. The first-order valence-corrected chi connectivity index (χ1v) is 4.50. The Morgan fingerprint density at radius 1 is 1.46 bits per heavy atom. The van der Waals surface area contributed by atoms with E-state index in [1.807, 2.05) is 6.07 Å². The Morgan fingerprint density at radius 3 is 2.92 bits per heavy atom. The SMILES string of the molecule is O=Cc1[nH]c2ccc(Cl)cc2c1S. The molecule has 0 bridgehead atoms. The highest BCUT2D eigenvalue weighted by Crippen LogP contribution is 2.27. The number of thiol groups is 1. The molecule has 0 saturated heterocycles. The minimum absolute atomic E-state index is 0.487. The molecule has 2 aromatic rings. The maximum Gasteiger partial charge on any atom is 0.167 e. The summed E-state index contributed by atoms with van der Waals surface area (Å²) in [6.45, 7) is 0. The Hall–Kier alpha value is -0.930. The fraction of sp³-hybridized carbons (Fsp3) is 0. The van der Waals surface area contributed by atoms with E-state index in [0.717, 1.165) is 17.2 Å². The van der Waals surface area contributed by atoms with Crippen LogP contribution in [0.15, 0.2) is 23.1 Å². The van der Waals surface area contributed by atoms with Crippen molar-refractivity contribution >= 4 is 41.4 Å². The lowest BCUT2D eigenvalue weighted by Gasteiger charge is -1.91. The summed E-state index contributed by atoms with van der Waals surface area (Å²) in [5.41, 5.74) is 1.36. The number of H-pyrrole nitrogens is 1. The standard InChI is InChI=1S/C9H6ClNOS/c10-5-1-2-7-6(3-5)9(13)8(4-12)11-7/h1-4,11,13H. The molecule has 0 atom stereocenters. The van der Waals surface area contributed by atoms with Crippen molar-refractivity contribution in [2.24, 2.45) is 0 Å². The second-order valence-corrected chi connectivity index (χ2v) is 3.58. The molecule has 13 heavy (non-hydrogen) atoms. The van der Waals surface area contributed by atoms with Crippen LogP contribution >= 0.6 is 24.2 Å². The van der Waals surface area contributed by atoms with Crippen LogP contribution in [0.4, 0.5) is 0 Å². The van der Waals surface area contributed by atoms with Crippen LogP contribution in [0.3, 0.4) is 0 Å². The van der Waals surface area contributed by atoms with Crippen molar-refractivity contribution in [1.29, 1.82) is 0 Å². The Morgan fingerprint density at radius 2 is 2.23 bits per heavy atom. The van der Waals surface area contributed by atoms with Gasteiger partial charge >= 0.3 is 0 Å². The van der Waals surface area contributed by atoms with E-state index in [1.165, 1.54) is 0 Å². The van der Waals surface area contributed by atoms with Gasteiger partial charge in [0.2, 0.25) is 0 Å². The number of aromatic nitrogens is 1. The first-order valence-electron chi connectivity index (χ1n) is 3.68. The molecule has 0 aliphatic carbocycles. The maximum atomic E-state index is 10.6. The molecular formula is C9H6ClNOS.